The highest BCUT2D eigenvalue weighted by atomic mass is 16.6. The number of nitrogens with one attached hydrogen (secondary N) is 2. The number of allylic oxidation sites excluding steroid dienone is 2. The third-order valence-corrected chi connectivity index (χ3v) is 5.92. The van der Waals surface area contributed by atoms with Crippen molar-refractivity contribution in [1.82, 2.24) is 10.2 Å². The number of carbonyl (C=O) groups excluding carboxylic acids is 3. The molecule has 2 bridgehead atoms. The Hall–Kier alpha value is -3.23. The van der Waals surface area contributed by atoms with Gasteiger partial charge in [0, 0.05) is 17.8 Å². The van der Waals surface area contributed by atoms with E-state index in [-0.39, 0.29) is 47.8 Å². The van der Waals surface area contributed by atoms with E-state index in [2.05, 4.69) is 10.6 Å². The number of likely N-dealkylation sites (tertiary alicyclic amines) is 1. The second kappa shape index (κ2) is 6.74. The second-order valence-electron chi connectivity index (χ2n) is 7.49. The summed E-state index contributed by atoms with van der Waals surface area (Å²) < 4.78 is 0. The lowest BCUT2D eigenvalue weighted by molar-refractivity contribution is -0.384. The van der Waals surface area contributed by atoms with Crippen molar-refractivity contribution in [3.63, 3.8) is 0 Å². The molecule has 4 amide bonds. The molecule has 3 aliphatic carbocycles. The molecule has 1 saturated heterocycles. The first-order valence-electron chi connectivity index (χ1n) is 9.20. The largest absolute Gasteiger partial charge is 0.320 e. The van der Waals surface area contributed by atoms with Gasteiger partial charge in [-0.25, -0.2) is 4.79 Å². The molecule has 2 N–H and O–H groups in total. The van der Waals surface area contributed by atoms with E-state index in [1.54, 1.807) is 6.92 Å². The summed E-state index contributed by atoms with van der Waals surface area (Å²) >= 11 is 0. The summed E-state index contributed by atoms with van der Waals surface area (Å²) in [5.74, 6) is -0.848. The van der Waals surface area contributed by atoms with E-state index in [1.165, 1.54) is 18.2 Å². The van der Waals surface area contributed by atoms with E-state index in [4.69, 9.17) is 0 Å². The summed E-state index contributed by atoms with van der Waals surface area (Å²) in [5, 5.41) is 15.9. The normalized spacial score (nSPS) is 27.7. The van der Waals surface area contributed by atoms with Gasteiger partial charge in [0.05, 0.1) is 16.8 Å². The monoisotopic (exact) mass is 384 g/mol. The maximum Gasteiger partial charge on any atom is 0.320 e. The van der Waals surface area contributed by atoms with E-state index in [1.807, 2.05) is 12.2 Å². The Morgan fingerprint density at radius 2 is 1.79 bits per heavy atom. The summed E-state index contributed by atoms with van der Waals surface area (Å²) in [4.78, 5) is 49.0. The Labute approximate surface area is 160 Å². The van der Waals surface area contributed by atoms with Gasteiger partial charge in [0.15, 0.2) is 0 Å². The number of anilines is 1. The van der Waals surface area contributed by atoms with E-state index in [0.29, 0.717) is 11.3 Å². The fourth-order valence-corrected chi connectivity index (χ4v) is 4.51. The van der Waals surface area contributed by atoms with E-state index < -0.39 is 11.0 Å². The van der Waals surface area contributed by atoms with Crippen LogP contribution < -0.4 is 10.6 Å². The molecular formula is C19H20N4O5. The van der Waals surface area contributed by atoms with Crippen LogP contribution in [0.5, 0.6) is 0 Å². The Balaban J connectivity index is 1.38. The topological polar surface area (TPSA) is 122 Å². The molecule has 1 aromatic rings. The molecule has 1 aliphatic heterocycles. The van der Waals surface area contributed by atoms with Crippen molar-refractivity contribution in [3.8, 4) is 0 Å². The van der Waals surface area contributed by atoms with Gasteiger partial charge in [0.25, 0.3) is 5.69 Å². The van der Waals surface area contributed by atoms with E-state index >= 15 is 0 Å². The Morgan fingerprint density at radius 3 is 2.29 bits per heavy atom. The number of amides is 4. The van der Waals surface area contributed by atoms with Crippen LogP contribution in [0.2, 0.25) is 0 Å². The minimum atomic E-state index is -0.589. The molecule has 9 heteroatoms. The molecule has 28 heavy (non-hydrogen) atoms. The smallest absolute Gasteiger partial charge is 0.320 e. The number of carbonyl (C=O) groups is 3. The highest BCUT2D eigenvalue weighted by Crippen LogP contribution is 2.49. The summed E-state index contributed by atoms with van der Waals surface area (Å²) in [6, 6.07) is 3.51. The van der Waals surface area contributed by atoms with Crippen molar-refractivity contribution >= 4 is 29.2 Å². The van der Waals surface area contributed by atoms with Crippen LogP contribution in [0.1, 0.15) is 18.4 Å². The van der Waals surface area contributed by atoms with E-state index in [9.17, 15) is 24.5 Å². The van der Waals surface area contributed by atoms with Crippen LogP contribution >= 0.6 is 0 Å². The summed E-state index contributed by atoms with van der Waals surface area (Å²) in [5.41, 5.74) is 0.881. The van der Waals surface area contributed by atoms with Crippen LogP contribution in [0.4, 0.5) is 16.2 Å². The highest BCUT2D eigenvalue weighted by molar-refractivity contribution is 6.06. The quantitative estimate of drug-likeness (QED) is 0.357. The minimum Gasteiger partial charge on any atom is -0.320 e. The fourth-order valence-electron chi connectivity index (χ4n) is 4.51. The molecule has 9 nitrogen and oxygen atoms in total. The first kappa shape index (κ1) is 18.1. The van der Waals surface area contributed by atoms with Crippen molar-refractivity contribution < 1.29 is 19.3 Å². The number of benzene rings is 1. The lowest BCUT2D eigenvalue weighted by atomic mass is 9.63. The summed E-state index contributed by atoms with van der Waals surface area (Å²) in [6.07, 6.45) is 5.92. The van der Waals surface area contributed by atoms with Crippen LogP contribution in [0.25, 0.3) is 0 Å². The van der Waals surface area contributed by atoms with Gasteiger partial charge in [-0.3, -0.25) is 24.6 Å². The number of nitro groups is 1. The number of rotatable bonds is 4. The van der Waals surface area contributed by atoms with Crippen molar-refractivity contribution in [2.24, 2.45) is 23.7 Å². The summed E-state index contributed by atoms with van der Waals surface area (Å²) in [7, 11) is 0. The van der Waals surface area contributed by atoms with Crippen LogP contribution in [-0.2, 0) is 9.59 Å². The molecule has 2 fully saturated rings. The van der Waals surface area contributed by atoms with Gasteiger partial charge in [-0.2, -0.15) is 0 Å². The first-order chi connectivity index (χ1) is 13.4. The number of imide groups is 1. The molecule has 1 saturated carbocycles. The van der Waals surface area contributed by atoms with Crippen molar-refractivity contribution in [3.05, 3.63) is 46.0 Å². The van der Waals surface area contributed by atoms with Crippen molar-refractivity contribution in [1.29, 1.82) is 0 Å². The lowest BCUT2D eigenvalue weighted by Gasteiger charge is -2.38. The Bertz CT molecular complexity index is 880. The number of hydrogen-bond donors (Lipinski definition) is 2. The zero-order chi connectivity index (χ0) is 20.0. The SMILES string of the molecule is Cc1cc([N+](=O)[O-])ccc1NC(=O)NCN1C(=O)C2C3C=CC(CC3)C2C1=O. The predicted molar refractivity (Wildman–Crippen MR) is 99.0 cm³/mol. The van der Waals surface area contributed by atoms with E-state index in [0.717, 1.165) is 17.7 Å². The van der Waals surface area contributed by atoms with Gasteiger partial charge in [-0.1, -0.05) is 12.2 Å². The predicted octanol–water partition coefficient (Wildman–Crippen LogP) is 2.18. The molecule has 4 unspecified atom stereocenters. The Kier molecular flexibility index (Phi) is 4.37. The molecule has 1 heterocycles. The number of aryl methyl sites for hydroxylation is 1. The second-order valence-corrected chi connectivity index (χ2v) is 7.49. The molecule has 0 aromatic heterocycles. The van der Waals surface area contributed by atoms with Crippen LogP contribution in [0.3, 0.4) is 0 Å². The molecule has 0 radical (unpaired) electrons. The first-order valence-corrected chi connectivity index (χ1v) is 9.20. The van der Waals surface area contributed by atoms with Gasteiger partial charge >= 0.3 is 6.03 Å². The number of nitro benzene ring substituents is 1. The van der Waals surface area contributed by atoms with Crippen LogP contribution in [-0.4, -0.2) is 34.3 Å². The van der Waals surface area contributed by atoms with Gasteiger partial charge in [-0.05, 0) is 43.2 Å². The number of non-ortho nitro benzene ring substituents is 1. The number of hydrogen-bond acceptors (Lipinski definition) is 5. The molecule has 5 rings (SSSR count). The lowest BCUT2D eigenvalue weighted by Crippen LogP contribution is -2.43. The average Bonchev–Trinajstić information content (AvgIpc) is 2.95. The maximum atomic E-state index is 12.7. The average molecular weight is 384 g/mol. The molecule has 146 valence electrons. The van der Waals surface area contributed by atoms with Crippen LogP contribution in [0.15, 0.2) is 30.4 Å². The minimum absolute atomic E-state index is 0.0671. The van der Waals surface area contributed by atoms with Gasteiger partial charge < -0.3 is 10.6 Å². The van der Waals surface area contributed by atoms with Crippen molar-refractivity contribution in [2.75, 3.05) is 12.0 Å². The number of urea groups is 1. The van der Waals surface area contributed by atoms with Gasteiger partial charge in [-0.15, -0.1) is 0 Å². The third kappa shape index (κ3) is 2.92. The zero-order valence-electron chi connectivity index (χ0n) is 15.3. The molecule has 4 atom stereocenters. The maximum absolute atomic E-state index is 12.7. The number of fused-ring (bicyclic) bond motifs is 1. The summed E-state index contributed by atoms with van der Waals surface area (Å²) in [6.45, 7) is 1.45. The van der Waals surface area contributed by atoms with Gasteiger partial charge in [0.1, 0.15) is 6.67 Å². The van der Waals surface area contributed by atoms with Crippen molar-refractivity contribution in [2.45, 2.75) is 19.8 Å². The third-order valence-electron chi connectivity index (χ3n) is 5.92. The molecular weight excluding hydrogens is 364 g/mol. The molecule has 1 aromatic carbocycles. The zero-order valence-corrected chi connectivity index (χ0v) is 15.3. The molecule has 4 aliphatic rings. The fraction of sp³-hybridized carbons (Fsp3) is 0.421. The highest BCUT2D eigenvalue weighted by Gasteiger charge is 2.56. The van der Waals surface area contributed by atoms with Crippen LogP contribution in [0, 0.1) is 40.7 Å². The standard InChI is InChI=1S/C19H20N4O5/c1-10-8-13(23(27)28)6-7-14(10)21-19(26)20-9-22-17(24)15-11-2-3-12(5-4-11)16(15)18(22)25/h2-3,6-8,11-12,15-16H,4-5,9H2,1H3,(H2,20,21,26). The number of nitrogens with zero attached hydrogens (tertiary/aromatic N) is 2. The molecule has 0 spiro atoms. The Morgan fingerprint density at radius 1 is 1.18 bits per heavy atom. The van der Waals surface area contributed by atoms with Gasteiger partial charge in [0.2, 0.25) is 11.8 Å².